The number of fused-ring (bicyclic) bond motifs is 1. The highest BCUT2D eigenvalue weighted by atomic mass is 127. The minimum atomic E-state index is -0.842. The molecule has 7 heteroatoms. The monoisotopic (exact) mass is 437 g/mol. The van der Waals surface area contributed by atoms with Gasteiger partial charge in [0, 0.05) is 9.86 Å². The zero-order valence-corrected chi connectivity index (χ0v) is 13.6. The van der Waals surface area contributed by atoms with Crippen molar-refractivity contribution in [2.45, 2.75) is 4.55 Å². The Labute approximate surface area is 130 Å². The minimum absolute atomic E-state index is 0.339. The number of halogens is 2. The van der Waals surface area contributed by atoms with E-state index in [1.165, 1.54) is 11.7 Å². The molecule has 0 saturated heterocycles. The summed E-state index contributed by atoms with van der Waals surface area (Å²) in [6.07, 6.45) is 0. The highest BCUT2D eigenvalue weighted by molar-refractivity contribution is 14.1. The predicted molar refractivity (Wildman–Crippen MR) is 82.9 cm³/mol. The van der Waals surface area contributed by atoms with Crippen molar-refractivity contribution in [3.8, 4) is 5.75 Å². The lowest BCUT2D eigenvalue weighted by Crippen LogP contribution is -2.26. The molecule has 2 aromatic rings. The van der Waals surface area contributed by atoms with Gasteiger partial charge in [0.2, 0.25) is 0 Å². The molecule has 100 valence electrons. The van der Waals surface area contributed by atoms with Crippen molar-refractivity contribution >= 4 is 55.4 Å². The number of carbonyl (C=O) groups is 1. The highest BCUT2D eigenvalue weighted by Crippen LogP contribution is 2.29. The molecule has 5 nitrogen and oxygen atoms in total. The Morgan fingerprint density at radius 2 is 2.21 bits per heavy atom. The first kappa shape index (κ1) is 14.3. The molecule has 1 heterocycles. The van der Waals surface area contributed by atoms with Gasteiger partial charge in [0.1, 0.15) is 5.75 Å². The van der Waals surface area contributed by atoms with Crippen LogP contribution in [-0.4, -0.2) is 22.8 Å². The molecule has 0 bridgehead atoms. The van der Waals surface area contributed by atoms with Crippen molar-refractivity contribution in [1.29, 1.82) is 0 Å². The van der Waals surface area contributed by atoms with Gasteiger partial charge in [0.15, 0.2) is 5.56 Å². The summed E-state index contributed by atoms with van der Waals surface area (Å²) in [5, 5.41) is 10.5. The third-order valence-electron chi connectivity index (χ3n) is 2.71. The second-order valence-electron chi connectivity index (χ2n) is 3.73. The summed E-state index contributed by atoms with van der Waals surface area (Å²) < 4.78 is 7.09. The van der Waals surface area contributed by atoms with Crippen LogP contribution in [0.2, 0.25) is 0 Å². The second kappa shape index (κ2) is 5.49. The van der Waals surface area contributed by atoms with Gasteiger partial charge in [-0.2, -0.15) is 0 Å². The number of pyridine rings is 1. The Hall–Kier alpha value is -1.09. The van der Waals surface area contributed by atoms with Crippen LogP contribution in [0.3, 0.4) is 0 Å². The molecular formula is C12H9BrINO4. The van der Waals surface area contributed by atoms with E-state index in [9.17, 15) is 14.7 Å². The van der Waals surface area contributed by atoms with E-state index in [-0.39, 0.29) is 11.3 Å². The van der Waals surface area contributed by atoms with Crippen LogP contribution in [0.4, 0.5) is 0 Å². The molecule has 0 aliphatic heterocycles. The van der Waals surface area contributed by atoms with Gasteiger partial charge < -0.3 is 9.84 Å². The van der Waals surface area contributed by atoms with E-state index in [2.05, 4.69) is 20.7 Å². The first-order valence-electron chi connectivity index (χ1n) is 5.20. The summed E-state index contributed by atoms with van der Waals surface area (Å²) in [5.41, 5.74) is -0.350. The molecule has 0 aliphatic rings. The van der Waals surface area contributed by atoms with Gasteiger partial charge in [-0.1, -0.05) is 38.5 Å². The van der Waals surface area contributed by atoms with Crippen molar-refractivity contribution in [2.75, 3.05) is 7.11 Å². The van der Waals surface area contributed by atoms with Crippen molar-refractivity contribution < 1.29 is 14.6 Å². The average Bonchev–Trinajstić information content (AvgIpc) is 2.38. The predicted octanol–water partition coefficient (Wildman–Crippen LogP) is 2.65. The zero-order valence-electron chi connectivity index (χ0n) is 9.81. The Balaban J connectivity index is 2.98. The summed E-state index contributed by atoms with van der Waals surface area (Å²) >= 11 is 5.33. The molecule has 1 aromatic carbocycles. The molecule has 0 radical (unpaired) electrons. The van der Waals surface area contributed by atoms with E-state index in [0.717, 1.165) is 4.47 Å². The fourth-order valence-corrected chi connectivity index (χ4v) is 2.84. The van der Waals surface area contributed by atoms with Crippen LogP contribution in [0.1, 0.15) is 10.4 Å². The van der Waals surface area contributed by atoms with Crippen LogP contribution in [-0.2, 0) is 9.29 Å². The van der Waals surface area contributed by atoms with Crippen molar-refractivity contribution in [3.63, 3.8) is 0 Å². The average molecular weight is 438 g/mol. The van der Waals surface area contributed by atoms with E-state index in [4.69, 9.17) is 0 Å². The number of ether oxygens (including phenoxy) is 1. The molecule has 1 N–H and O–H groups in total. The molecule has 0 amide bonds. The number of hydrogen-bond donors (Lipinski definition) is 1. The number of aromatic hydroxyl groups is 1. The van der Waals surface area contributed by atoms with Crippen molar-refractivity contribution in [1.82, 2.24) is 4.57 Å². The largest absolute Gasteiger partial charge is 0.506 e. The van der Waals surface area contributed by atoms with Crippen molar-refractivity contribution in [2.24, 2.45) is 0 Å². The number of rotatable bonds is 2. The van der Waals surface area contributed by atoms with Crippen LogP contribution < -0.4 is 5.56 Å². The number of carbonyl (C=O) groups excluding carboxylic acids is 1. The SMILES string of the molecule is COC(=O)c1c(O)c2ccc(Br)cc2n(CI)c1=O. The third-order valence-corrected chi connectivity index (χ3v) is 3.89. The van der Waals surface area contributed by atoms with Crippen LogP contribution >= 0.6 is 38.5 Å². The third kappa shape index (κ3) is 2.36. The number of hydrogen-bond acceptors (Lipinski definition) is 4. The fraction of sp³-hybridized carbons (Fsp3) is 0.167. The second-order valence-corrected chi connectivity index (χ2v) is 5.33. The molecule has 1 aromatic heterocycles. The van der Waals surface area contributed by atoms with Gasteiger partial charge in [-0.05, 0) is 18.2 Å². The van der Waals surface area contributed by atoms with E-state index in [1.54, 1.807) is 18.2 Å². The lowest BCUT2D eigenvalue weighted by Gasteiger charge is -2.12. The molecule has 0 aliphatic carbocycles. The summed E-state index contributed by atoms with van der Waals surface area (Å²) in [5.74, 6) is -1.19. The molecule has 0 fully saturated rings. The number of alkyl halides is 1. The molecule has 2 rings (SSSR count). The number of esters is 1. The molecule has 0 saturated carbocycles. The summed E-state index contributed by atoms with van der Waals surface area (Å²) in [6.45, 7) is 0. The van der Waals surface area contributed by atoms with Gasteiger partial charge in [0.05, 0.1) is 17.2 Å². The molecule has 0 spiro atoms. The number of methoxy groups -OCH3 is 1. The van der Waals surface area contributed by atoms with Crippen molar-refractivity contribution in [3.05, 3.63) is 38.6 Å². The summed E-state index contributed by atoms with van der Waals surface area (Å²) in [4.78, 5) is 23.9. The molecule has 0 atom stereocenters. The van der Waals surface area contributed by atoms with E-state index >= 15 is 0 Å². The smallest absolute Gasteiger partial charge is 0.347 e. The van der Waals surface area contributed by atoms with Crippen LogP contribution in [0.5, 0.6) is 5.75 Å². The topological polar surface area (TPSA) is 68.5 Å². The minimum Gasteiger partial charge on any atom is -0.506 e. The van der Waals surface area contributed by atoms with Gasteiger partial charge in [0.25, 0.3) is 5.56 Å². The number of nitrogens with zero attached hydrogens (tertiary/aromatic N) is 1. The van der Waals surface area contributed by atoms with Crippen LogP contribution in [0, 0.1) is 0 Å². The maximum atomic E-state index is 12.2. The normalized spacial score (nSPS) is 10.7. The summed E-state index contributed by atoms with van der Waals surface area (Å²) in [7, 11) is 1.17. The number of benzene rings is 1. The highest BCUT2D eigenvalue weighted by Gasteiger charge is 2.22. The van der Waals surface area contributed by atoms with E-state index < -0.39 is 11.5 Å². The molecule has 19 heavy (non-hydrogen) atoms. The summed E-state index contributed by atoms with van der Waals surface area (Å²) in [6, 6.07) is 5.09. The first-order chi connectivity index (χ1) is 9.01. The van der Waals surface area contributed by atoms with Crippen LogP contribution in [0.25, 0.3) is 10.9 Å². The van der Waals surface area contributed by atoms with Gasteiger partial charge in [-0.25, -0.2) is 4.79 Å². The Kier molecular flexibility index (Phi) is 4.14. The van der Waals surface area contributed by atoms with E-state index in [1.807, 2.05) is 22.6 Å². The van der Waals surface area contributed by atoms with Gasteiger partial charge in [-0.15, -0.1) is 0 Å². The Morgan fingerprint density at radius 1 is 1.53 bits per heavy atom. The number of aromatic nitrogens is 1. The quantitative estimate of drug-likeness (QED) is 0.445. The maximum Gasteiger partial charge on any atom is 0.347 e. The lowest BCUT2D eigenvalue weighted by molar-refractivity contribution is 0.0595. The fourth-order valence-electron chi connectivity index (χ4n) is 1.81. The molecular weight excluding hydrogens is 429 g/mol. The Bertz CT molecular complexity index is 726. The first-order valence-corrected chi connectivity index (χ1v) is 7.52. The Morgan fingerprint density at radius 3 is 2.79 bits per heavy atom. The zero-order chi connectivity index (χ0) is 14.2. The van der Waals surface area contributed by atoms with Crippen LogP contribution in [0.15, 0.2) is 27.5 Å². The van der Waals surface area contributed by atoms with Gasteiger partial charge in [-0.3, -0.25) is 9.36 Å². The van der Waals surface area contributed by atoms with E-state index in [0.29, 0.717) is 15.5 Å². The standard InChI is InChI=1S/C12H9BrINO4/c1-19-12(18)9-10(16)7-3-2-6(13)4-8(7)15(5-14)11(9)17/h2-4,16H,5H2,1H3. The maximum absolute atomic E-state index is 12.2. The molecule has 0 unspecified atom stereocenters. The van der Waals surface area contributed by atoms with Gasteiger partial charge >= 0.3 is 5.97 Å². The lowest BCUT2D eigenvalue weighted by atomic mass is 10.1.